The summed E-state index contributed by atoms with van der Waals surface area (Å²) >= 11 is 5.91. The molecule has 0 saturated carbocycles. The Balaban J connectivity index is 1.89. The highest BCUT2D eigenvalue weighted by atomic mass is 35.5. The van der Waals surface area contributed by atoms with Crippen LogP contribution in [0.15, 0.2) is 55.1 Å². The molecule has 2 N–H and O–H groups in total. The van der Waals surface area contributed by atoms with Gasteiger partial charge in [0, 0.05) is 5.02 Å². The van der Waals surface area contributed by atoms with Crippen molar-refractivity contribution in [2.45, 2.75) is 31.3 Å². The van der Waals surface area contributed by atoms with Crippen molar-refractivity contribution in [2.75, 3.05) is 0 Å². The quantitative estimate of drug-likeness (QED) is 0.553. The van der Waals surface area contributed by atoms with Crippen LogP contribution < -0.4 is 5.32 Å². The molecule has 0 radical (unpaired) electrons. The lowest BCUT2D eigenvalue weighted by atomic mass is 9.86. The van der Waals surface area contributed by atoms with Crippen molar-refractivity contribution in [1.29, 1.82) is 0 Å². The molecular weight excluding hydrogens is 440 g/mol. The van der Waals surface area contributed by atoms with Crippen molar-refractivity contribution in [3.63, 3.8) is 0 Å². The number of benzene rings is 2. The Labute approximate surface area is 179 Å². The van der Waals surface area contributed by atoms with Gasteiger partial charge in [0.15, 0.2) is 0 Å². The molecule has 2 atom stereocenters. The lowest BCUT2D eigenvalue weighted by molar-refractivity contribution is -0.137. The maximum absolute atomic E-state index is 14.2. The lowest BCUT2D eigenvalue weighted by Crippen LogP contribution is -2.51. The first-order chi connectivity index (χ1) is 14.5. The number of rotatable bonds is 6. The molecule has 164 valence electrons. The Morgan fingerprint density at radius 3 is 2.39 bits per heavy atom. The number of hydrogen-bond donors (Lipinski definition) is 2. The monoisotopic (exact) mass is 456 g/mol. The Morgan fingerprint density at radius 2 is 1.84 bits per heavy atom. The van der Waals surface area contributed by atoms with Crippen molar-refractivity contribution in [2.24, 2.45) is 0 Å². The molecule has 6 nitrogen and oxygen atoms in total. The highest BCUT2D eigenvalue weighted by Gasteiger charge is 2.38. The summed E-state index contributed by atoms with van der Waals surface area (Å²) < 4.78 is 53.8. The second-order valence-electron chi connectivity index (χ2n) is 6.91. The second-order valence-corrected chi connectivity index (χ2v) is 7.35. The van der Waals surface area contributed by atoms with E-state index in [1.54, 1.807) is 24.3 Å². The first-order valence-electron chi connectivity index (χ1n) is 8.99. The van der Waals surface area contributed by atoms with Gasteiger partial charge < -0.3 is 10.4 Å². The number of alkyl halides is 3. The molecule has 0 aliphatic rings. The van der Waals surface area contributed by atoms with Gasteiger partial charge in [-0.25, -0.2) is 14.1 Å². The molecule has 2 aromatic carbocycles. The molecule has 0 fully saturated rings. The summed E-state index contributed by atoms with van der Waals surface area (Å²) in [6.07, 6.45) is -2.11. The van der Waals surface area contributed by atoms with Crippen LogP contribution in [0.25, 0.3) is 0 Å². The smallest absolute Gasteiger partial charge is 0.381 e. The minimum atomic E-state index is -4.74. The molecule has 0 aliphatic heterocycles. The molecular formula is C20H17ClF4N4O2. The number of aliphatic hydroxyl groups is 1. The van der Waals surface area contributed by atoms with E-state index in [2.05, 4.69) is 15.4 Å². The predicted molar refractivity (Wildman–Crippen MR) is 104 cm³/mol. The van der Waals surface area contributed by atoms with Crippen LogP contribution in [-0.4, -0.2) is 31.8 Å². The van der Waals surface area contributed by atoms with Crippen molar-refractivity contribution in [3.05, 3.63) is 82.6 Å². The van der Waals surface area contributed by atoms with E-state index in [1.807, 2.05) is 0 Å². The molecule has 0 aliphatic carbocycles. The highest BCUT2D eigenvalue weighted by Crippen LogP contribution is 2.31. The Morgan fingerprint density at radius 1 is 1.19 bits per heavy atom. The molecule has 1 aromatic heterocycles. The summed E-state index contributed by atoms with van der Waals surface area (Å²) in [5.74, 6) is -2.31. The van der Waals surface area contributed by atoms with Gasteiger partial charge in [0.1, 0.15) is 24.1 Å². The number of halogens is 5. The van der Waals surface area contributed by atoms with E-state index < -0.39 is 40.7 Å². The van der Waals surface area contributed by atoms with Crippen LogP contribution in [-0.2, 0) is 18.3 Å². The average Bonchev–Trinajstić information content (AvgIpc) is 3.20. The number of carbonyl (C=O) groups excluding carboxylic acids is 1. The van der Waals surface area contributed by atoms with Crippen LogP contribution in [0, 0.1) is 5.82 Å². The minimum absolute atomic E-state index is 0.119. The van der Waals surface area contributed by atoms with E-state index in [9.17, 15) is 27.5 Å². The molecule has 1 heterocycles. The lowest BCUT2D eigenvalue weighted by Gasteiger charge is -2.35. The van der Waals surface area contributed by atoms with Crippen molar-refractivity contribution in [1.82, 2.24) is 20.1 Å². The minimum Gasteiger partial charge on any atom is -0.381 e. The number of carbonyl (C=O) groups is 1. The van der Waals surface area contributed by atoms with Crippen LogP contribution in [0.5, 0.6) is 0 Å². The largest absolute Gasteiger partial charge is 0.416 e. The van der Waals surface area contributed by atoms with E-state index >= 15 is 0 Å². The summed E-state index contributed by atoms with van der Waals surface area (Å²) in [7, 11) is 0. The topological polar surface area (TPSA) is 80.0 Å². The summed E-state index contributed by atoms with van der Waals surface area (Å²) in [6, 6.07) is 6.82. The van der Waals surface area contributed by atoms with E-state index in [4.69, 9.17) is 11.6 Å². The van der Waals surface area contributed by atoms with Crippen molar-refractivity contribution in [3.8, 4) is 0 Å². The molecule has 0 bridgehead atoms. The first-order valence-corrected chi connectivity index (χ1v) is 9.37. The maximum Gasteiger partial charge on any atom is 0.416 e. The number of nitrogens with one attached hydrogen (secondary N) is 1. The number of nitrogens with zero attached hydrogens (tertiary/aromatic N) is 3. The van der Waals surface area contributed by atoms with Gasteiger partial charge in [-0.3, -0.25) is 4.79 Å². The van der Waals surface area contributed by atoms with Crippen LogP contribution in [0.2, 0.25) is 5.02 Å². The van der Waals surface area contributed by atoms with Crippen LogP contribution in [0.3, 0.4) is 0 Å². The number of amides is 1. The third-order valence-electron chi connectivity index (χ3n) is 4.82. The van der Waals surface area contributed by atoms with Crippen LogP contribution in [0.4, 0.5) is 17.6 Å². The van der Waals surface area contributed by atoms with Gasteiger partial charge in [-0.15, -0.1) is 0 Å². The van der Waals surface area contributed by atoms with Crippen molar-refractivity contribution < 1.29 is 27.5 Å². The molecule has 31 heavy (non-hydrogen) atoms. The van der Waals surface area contributed by atoms with Gasteiger partial charge in [-0.2, -0.15) is 18.3 Å². The third kappa shape index (κ3) is 5.02. The molecule has 0 saturated heterocycles. The second kappa shape index (κ2) is 8.64. The van der Waals surface area contributed by atoms with E-state index in [1.165, 1.54) is 24.3 Å². The van der Waals surface area contributed by atoms with Crippen molar-refractivity contribution >= 4 is 17.5 Å². The Kier molecular flexibility index (Phi) is 6.33. The zero-order valence-corrected chi connectivity index (χ0v) is 16.8. The fourth-order valence-electron chi connectivity index (χ4n) is 3.05. The van der Waals surface area contributed by atoms with Gasteiger partial charge in [0.25, 0.3) is 5.91 Å². The average molecular weight is 457 g/mol. The summed E-state index contributed by atoms with van der Waals surface area (Å²) in [5.41, 5.74) is -3.14. The summed E-state index contributed by atoms with van der Waals surface area (Å²) in [6.45, 7) is 1.36. The predicted octanol–water partition coefficient (Wildman–Crippen LogP) is 3.80. The van der Waals surface area contributed by atoms with E-state index in [0.29, 0.717) is 16.7 Å². The molecule has 11 heteroatoms. The molecule has 3 aromatic rings. The standard InChI is InChI=1S/C20H17ClF4N4O2/c1-12(28-18(30)16-7-4-14(8-17(16)22)20(23,24)25)19(31,9-29-11-26-10-27-29)13-2-5-15(21)6-3-13/h2-8,10-12,31H,9H2,1H3,(H,28,30). The summed E-state index contributed by atoms with van der Waals surface area (Å²) in [5, 5.41) is 18.3. The van der Waals surface area contributed by atoms with Crippen LogP contribution >= 0.6 is 11.6 Å². The van der Waals surface area contributed by atoms with E-state index in [-0.39, 0.29) is 12.6 Å². The van der Waals surface area contributed by atoms with E-state index in [0.717, 1.165) is 6.07 Å². The highest BCUT2D eigenvalue weighted by molar-refractivity contribution is 6.30. The summed E-state index contributed by atoms with van der Waals surface area (Å²) in [4.78, 5) is 16.4. The molecule has 2 unspecified atom stereocenters. The van der Waals surface area contributed by atoms with Gasteiger partial charge >= 0.3 is 6.18 Å². The Bertz CT molecular complexity index is 1060. The van der Waals surface area contributed by atoms with Gasteiger partial charge in [0.2, 0.25) is 0 Å². The third-order valence-corrected chi connectivity index (χ3v) is 5.07. The zero-order chi connectivity index (χ0) is 22.8. The number of aromatic nitrogens is 3. The van der Waals surface area contributed by atoms with Gasteiger partial charge in [0.05, 0.1) is 23.7 Å². The van der Waals surface area contributed by atoms with Crippen LogP contribution in [0.1, 0.15) is 28.4 Å². The number of hydrogen-bond acceptors (Lipinski definition) is 4. The fourth-order valence-corrected chi connectivity index (χ4v) is 3.17. The Hall–Kier alpha value is -2.98. The normalized spacial score (nSPS) is 14.7. The zero-order valence-electron chi connectivity index (χ0n) is 16.1. The fraction of sp³-hybridized carbons (Fsp3) is 0.250. The maximum atomic E-state index is 14.2. The molecule has 0 spiro atoms. The molecule has 1 amide bonds. The van der Waals surface area contributed by atoms with Gasteiger partial charge in [-0.05, 0) is 42.8 Å². The SMILES string of the molecule is CC(NC(=O)c1ccc(C(F)(F)F)cc1F)C(O)(Cn1cncn1)c1ccc(Cl)cc1. The first kappa shape index (κ1) is 22.7. The molecule has 3 rings (SSSR count). The van der Waals surface area contributed by atoms with Gasteiger partial charge in [-0.1, -0.05) is 23.7 Å².